The van der Waals surface area contributed by atoms with Crippen molar-refractivity contribution in [2.24, 2.45) is 0 Å². The van der Waals surface area contributed by atoms with Crippen LogP contribution in [0.3, 0.4) is 0 Å². The number of alkyl halides is 1. The van der Waals surface area contributed by atoms with Gasteiger partial charge in [-0.15, -0.1) is 0 Å². The molecule has 1 unspecified atom stereocenters. The van der Waals surface area contributed by atoms with Crippen LogP contribution in [-0.4, -0.2) is 6.17 Å². The first-order valence-corrected chi connectivity index (χ1v) is 5.52. The molecule has 14 heavy (non-hydrogen) atoms. The number of benzene rings is 1. The van der Waals surface area contributed by atoms with Crippen LogP contribution in [0.5, 0.6) is 0 Å². The smallest absolute Gasteiger partial charge is 0.108 e. The van der Waals surface area contributed by atoms with Gasteiger partial charge in [-0.05, 0) is 41.0 Å². The lowest BCUT2D eigenvalue weighted by Crippen LogP contribution is -1.95. The third-order valence-electron chi connectivity index (χ3n) is 3.72. The Morgan fingerprint density at radius 2 is 1.86 bits per heavy atom. The van der Waals surface area contributed by atoms with E-state index in [1.54, 1.807) is 0 Å². The molecular weight excluding hydrogens is 175 g/mol. The van der Waals surface area contributed by atoms with Gasteiger partial charge in [-0.3, -0.25) is 0 Å². The fourth-order valence-corrected chi connectivity index (χ4v) is 2.89. The van der Waals surface area contributed by atoms with Crippen LogP contribution in [0.4, 0.5) is 4.39 Å². The van der Waals surface area contributed by atoms with Crippen molar-refractivity contribution in [1.82, 2.24) is 0 Å². The van der Waals surface area contributed by atoms with Crippen molar-refractivity contribution in [2.75, 3.05) is 0 Å². The van der Waals surface area contributed by atoms with Gasteiger partial charge in [0.05, 0.1) is 0 Å². The Balaban J connectivity index is 2.10. The molecule has 2 aliphatic carbocycles. The molecule has 0 aliphatic heterocycles. The van der Waals surface area contributed by atoms with E-state index in [0.717, 1.165) is 0 Å². The number of halogens is 1. The monoisotopic (exact) mass is 190 g/mol. The predicted molar refractivity (Wildman–Crippen MR) is 55.5 cm³/mol. The van der Waals surface area contributed by atoms with E-state index in [0.29, 0.717) is 18.8 Å². The first kappa shape index (κ1) is 8.46. The molecule has 2 aliphatic rings. The summed E-state index contributed by atoms with van der Waals surface area (Å²) in [6, 6.07) is 4.52. The maximum Gasteiger partial charge on any atom is 0.108 e. The number of hydrogen-bond acceptors (Lipinski definition) is 0. The van der Waals surface area contributed by atoms with E-state index in [1.807, 2.05) is 0 Å². The summed E-state index contributed by atoms with van der Waals surface area (Å²) in [5.41, 5.74) is 5.50. The highest BCUT2D eigenvalue weighted by Gasteiger charge is 2.26. The van der Waals surface area contributed by atoms with Gasteiger partial charge in [0.25, 0.3) is 0 Å². The molecule has 0 heterocycles. The highest BCUT2D eigenvalue weighted by atomic mass is 19.1. The number of fused-ring (bicyclic) bond motifs is 2. The van der Waals surface area contributed by atoms with Gasteiger partial charge in [0.15, 0.2) is 0 Å². The van der Waals surface area contributed by atoms with E-state index in [1.165, 1.54) is 35.1 Å². The Morgan fingerprint density at radius 3 is 2.64 bits per heavy atom. The molecule has 0 spiro atoms. The fourth-order valence-electron chi connectivity index (χ4n) is 2.89. The largest absolute Gasteiger partial charge is 0.247 e. The number of rotatable bonds is 0. The van der Waals surface area contributed by atoms with Crippen LogP contribution in [0.25, 0.3) is 0 Å². The minimum Gasteiger partial charge on any atom is -0.247 e. The van der Waals surface area contributed by atoms with Crippen molar-refractivity contribution in [2.45, 2.75) is 44.7 Å². The second-order valence-electron chi connectivity index (χ2n) is 4.76. The molecular formula is C13H15F. The van der Waals surface area contributed by atoms with Crippen LogP contribution >= 0.6 is 0 Å². The number of aryl methyl sites for hydroxylation is 1. The molecule has 3 rings (SSSR count). The molecule has 0 fully saturated rings. The molecule has 1 heteroatoms. The Bertz CT molecular complexity index is 381. The Kier molecular flexibility index (Phi) is 1.70. The first-order valence-electron chi connectivity index (χ1n) is 5.52. The average molecular weight is 190 g/mol. The van der Waals surface area contributed by atoms with Crippen LogP contribution in [-0.2, 0) is 19.3 Å². The summed E-state index contributed by atoms with van der Waals surface area (Å²) in [7, 11) is 0. The lowest BCUT2D eigenvalue weighted by atomic mass is 9.98. The first-order chi connectivity index (χ1) is 6.74. The summed E-state index contributed by atoms with van der Waals surface area (Å²) in [5.74, 6) is 0.689. The second-order valence-corrected chi connectivity index (χ2v) is 4.76. The molecule has 0 radical (unpaired) electrons. The average Bonchev–Trinajstić information content (AvgIpc) is 2.66. The van der Waals surface area contributed by atoms with Gasteiger partial charge in [-0.2, -0.15) is 0 Å². The van der Waals surface area contributed by atoms with Crippen molar-refractivity contribution >= 4 is 0 Å². The standard InChI is InChI=1S/C13H15F/c1-8-2-3-9-4-10-5-12(14)6-11(10)7-13(8)9/h4,7-8,12H,2-3,5-6H2,1H3/t8-,12?/m0/s1. The van der Waals surface area contributed by atoms with Crippen molar-refractivity contribution in [3.8, 4) is 0 Å². The molecule has 74 valence electrons. The summed E-state index contributed by atoms with van der Waals surface area (Å²) >= 11 is 0. The van der Waals surface area contributed by atoms with E-state index in [2.05, 4.69) is 19.1 Å². The van der Waals surface area contributed by atoms with Gasteiger partial charge in [0.1, 0.15) is 6.17 Å². The van der Waals surface area contributed by atoms with Crippen molar-refractivity contribution in [3.05, 3.63) is 34.4 Å². The summed E-state index contributed by atoms with van der Waals surface area (Å²) < 4.78 is 13.2. The van der Waals surface area contributed by atoms with Gasteiger partial charge in [0.2, 0.25) is 0 Å². The normalized spacial score (nSPS) is 29.0. The zero-order chi connectivity index (χ0) is 9.71. The third-order valence-corrected chi connectivity index (χ3v) is 3.72. The van der Waals surface area contributed by atoms with Crippen molar-refractivity contribution in [3.63, 3.8) is 0 Å². The molecule has 0 bridgehead atoms. The highest BCUT2D eigenvalue weighted by molar-refractivity contribution is 5.45. The van der Waals surface area contributed by atoms with Crippen molar-refractivity contribution < 1.29 is 4.39 Å². The van der Waals surface area contributed by atoms with Gasteiger partial charge >= 0.3 is 0 Å². The summed E-state index contributed by atoms with van der Waals surface area (Å²) in [5, 5.41) is 0. The summed E-state index contributed by atoms with van der Waals surface area (Å²) in [4.78, 5) is 0. The Morgan fingerprint density at radius 1 is 1.14 bits per heavy atom. The predicted octanol–water partition coefficient (Wildman–Crippen LogP) is 3.17. The molecule has 0 saturated heterocycles. The summed E-state index contributed by atoms with van der Waals surface area (Å²) in [6.45, 7) is 2.28. The minimum absolute atomic E-state index is 0.622. The molecule has 0 amide bonds. The molecule has 1 aromatic carbocycles. The van der Waals surface area contributed by atoms with Gasteiger partial charge < -0.3 is 0 Å². The van der Waals surface area contributed by atoms with E-state index in [4.69, 9.17) is 0 Å². The molecule has 0 N–H and O–H groups in total. The van der Waals surface area contributed by atoms with Crippen molar-refractivity contribution in [1.29, 1.82) is 0 Å². The SMILES string of the molecule is C[C@H]1CCc2cc3c(cc21)CC(F)C3. The number of hydrogen-bond donors (Lipinski definition) is 0. The maximum absolute atomic E-state index is 13.2. The summed E-state index contributed by atoms with van der Waals surface area (Å²) in [6.07, 6.45) is 3.15. The second kappa shape index (κ2) is 2.82. The van der Waals surface area contributed by atoms with E-state index < -0.39 is 6.17 Å². The quantitative estimate of drug-likeness (QED) is 0.589. The maximum atomic E-state index is 13.2. The van der Waals surface area contributed by atoms with Gasteiger partial charge in [-0.1, -0.05) is 19.1 Å². The zero-order valence-electron chi connectivity index (χ0n) is 8.52. The molecule has 0 aromatic heterocycles. The van der Waals surface area contributed by atoms with Gasteiger partial charge in [0, 0.05) is 12.8 Å². The van der Waals surface area contributed by atoms with Crippen LogP contribution in [0.1, 0.15) is 41.5 Å². The lowest BCUT2D eigenvalue weighted by molar-refractivity contribution is 0.349. The fraction of sp³-hybridized carbons (Fsp3) is 0.538. The van der Waals surface area contributed by atoms with Crippen LogP contribution in [0.2, 0.25) is 0 Å². The van der Waals surface area contributed by atoms with Crippen LogP contribution in [0.15, 0.2) is 12.1 Å². The third kappa shape index (κ3) is 1.11. The Hall–Kier alpha value is -0.850. The molecule has 2 atom stereocenters. The lowest BCUT2D eigenvalue weighted by Gasteiger charge is -2.07. The van der Waals surface area contributed by atoms with E-state index in [-0.39, 0.29) is 0 Å². The highest BCUT2D eigenvalue weighted by Crippen LogP contribution is 2.37. The van der Waals surface area contributed by atoms with E-state index in [9.17, 15) is 4.39 Å². The van der Waals surface area contributed by atoms with E-state index >= 15 is 0 Å². The van der Waals surface area contributed by atoms with Crippen LogP contribution in [0, 0.1) is 0 Å². The topological polar surface area (TPSA) is 0 Å². The minimum atomic E-state index is -0.622. The molecule has 0 nitrogen and oxygen atoms in total. The molecule has 0 saturated carbocycles. The zero-order valence-corrected chi connectivity index (χ0v) is 8.52. The molecule has 1 aromatic rings. The Labute approximate surface area is 84.1 Å². The van der Waals surface area contributed by atoms with Gasteiger partial charge in [-0.25, -0.2) is 4.39 Å². The van der Waals surface area contributed by atoms with Crippen LogP contribution < -0.4 is 0 Å².